The third-order valence-electron chi connectivity index (χ3n) is 5.14. The second kappa shape index (κ2) is 6.40. The van der Waals surface area contributed by atoms with Crippen molar-refractivity contribution < 1.29 is 4.79 Å². The Labute approximate surface area is 142 Å². The van der Waals surface area contributed by atoms with E-state index in [1.54, 1.807) is 17.1 Å². The van der Waals surface area contributed by atoms with E-state index in [0.29, 0.717) is 23.6 Å². The molecule has 0 saturated heterocycles. The summed E-state index contributed by atoms with van der Waals surface area (Å²) in [6, 6.07) is 9.33. The molecule has 1 heterocycles. The fourth-order valence-electron chi connectivity index (χ4n) is 3.74. The van der Waals surface area contributed by atoms with Crippen molar-refractivity contribution in [1.82, 2.24) is 15.1 Å². The van der Waals surface area contributed by atoms with Gasteiger partial charge in [-0.25, -0.2) is 0 Å². The smallest absolute Gasteiger partial charge is 0.255 e. The third-order valence-corrected chi connectivity index (χ3v) is 5.14. The van der Waals surface area contributed by atoms with Crippen molar-refractivity contribution in [3.05, 3.63) is 47.8 Å². The molecule has 0 spiro atoms. The highest BCUT2D eigenvalue weighted by Gasteiger charge is 2.39. The van der Waals surface area contributed by atoms with Crippen LogP contribution in [0.5, 0.6) is 0 Å². The molecule has 1 aromatic carbocycles. The van der Waals surface area contributed by atoms with E-state index in [1.807, 2.05) is 25.2 Å². The van der Waals surface area contributed by atoms with Crippen molar-refractivity contribution in [1.29, 1.82) is 0 Å². The predicted molar refractivity (Wildman–Crippen MR) is 94.1 cm³/mol. The Morgan fingerprint density at radius 1 is 1.29 bits per heavy atom. The zero-order chi connectivity index (χ0) is 16.5. The number of rotatable bonds is 5. The number of nitrogens with zero attached hydrogens (tertiary/aromatic N) is 2. The second-order valence-corrected chi connectivity index (χ2v) is 7.08. The van der Waals surface area contributed by atoms with Crippen LogP contribution in [0.25, 0.3) is 0 Å². The van der Waals surface area contributed by atoms with Crippen LogP contribution in [0.2, 0.25) is 0 Å². The lowest BCUT2D eigenvalue weighted by Crippen LogP contribution is -2.28. The van der Waals surface area contributed by atoms with Crippen LogP contribution in [0.3, 0.4) is 0 Å². The van der Waals surface area contributed by atoms with Crippen LogP contribution in [0.4, 0.5) is 5.69 Å². The van der Waals surface area contributed by atoms with Gasteiger partial charge < -0.3 is 10.6 Å². The molecule has 0 radical (unpaired) electrons. The highest BCUT2D eigenvalue weighted by atomic mass is 16.1. The van der Waals surface area contributed by atoms with E-state index in [4.69, 9.17) is 0 Å². The molecule has 1 amide bonds. The average molecular weight is 324 g/mol. The molecule has 2 atom stereocenters. The first-order valence-electron chi connectivity index (χ1n) is 8.85. The molecule has 4 rings (SSSR count). The van der Waals surface area contributed by atoms with Crippen LogP contribution < -0.4 is 10.6 Å². The van der Waals surface area contributed by atoms with Gasteiger partial charge in [-0.15, -0.1) is 0 Å². The first-order chi connectivity index (χ1) is 11.7. The Morgan fingerprint density at radius 3 is 2.88 bits per heavy atom. The number of aryl methyl sites for hydroxylation is 1. The summed E-state index contributed by atoms with van der Waals surface area (Å²) in [5.74, 6) is 0.475. The van der Waals surface area contributed by atoms with Gasteiger partial charge in [-0.05, 0) is 37.0 Å². The van der Waals surface area contributed by atoms with E-state index in [-0.39, 0.29) is 5.91 Å². The van der Waals surface area contributed by atoms with Gasteiger partial charge in [0.05, 0.1) is 11.9 Å². The van der Waals surface area contributed by atoms with E-state index in [9.17, 15) is 4.79 Å². The van der Waals surface area contributed by atoms with Crippen LogP contribution in [0.1, 0.15) is 53.9 Å². The van der Waals surface area contributed by atoms with Crippen molar-refractivity contribution in [3.63, 3.8) is 0 Å². The summed E-state index contributed by atoms with van der Waals surface area (Å²) in [6.45, 7) is 0. The zero-order valence-electron chi connectivity index (χ0n) is 14.0. The van der Waals surface area contributed by atoms with Crippen LogP contribution in [0, 0.1) is 0 Å². The van der Waals surface area contributed by atoms with Gasteiger partial charge in [0.2, 0.25) is 0 Å². The average Bonchev–Trinajstić information content (AvgIpc) is 2.93. The third kappa shape index (κ3) is 3.36. The number of aromatic nitrogens is 2. The number of hydrogen-bond donors (Lipinski definition) is 2. The molecule has 2 aromatic rings. The molecule has 126 valence electrons. The van der Waals surface area contributed by atoms with Gasteiger partial charge in [-0.2, -0.15) is 5.10 Å². The monoisotopic (exact) mass is 324 g/mol. The SMILES string of the molecule is Cn1cc(NC(=O)c2cccc([C@@H]3C[C@H]3NC3CCCC3)c2)cn1. The summed E-state index contributed by atoms with van der Waals surface area (Å²) >= 11 is 0. The Morgan fingerprint density at radius 2 is 2.12 bits per heavy atom. The highest BCUT2D eigenvalue weighted by molar-refractivity contribution is 6.04. The maximum Gasteiger partial charge on any atom is 0.255 e. The molecule has 0 unspecified atom stereocenters. The Bertz CT molecular complexity index is 732. The summed E-state index contributed by atoms with van der Waals surface area (Å²) in [4.78, 5) is 12.4. The number of hydrogen-bond acceptors (Lipinski definition) is 3. The maximum atomic E-state index is 12.4. The normalized spacial score (nSPS) is 23.4. The molecule has 1 aromatic heterocycles. The summed E-state index contributed by atoms with van der Waals surface area (Å²) in [6.07, 6.45) is 9.99. The van der Waals surface area contributed by atoms with E-state index < -0.39 is 0 Å². The predicted octanol–water partition coefficient (Wildman–Crippen LogP) is 3.06. The van der Waals surface area contributed by atoms with Gasteiger partial charge in [0.25, 0.3) is 5.91 Å². The number of nitrogens with one attached hydrogen (secondary N) is 2. The van der Waals surface area contributed by atoms with Crippen molar-refractivity contribution in [3.8, 4) is 0 Å². The quantitative estimate of drug-likeness (QED) is 0.889. The minimum absolute atomic E-state index is 0.0780. The van der Waals surface area contributed by atoms with Crippen LogP contribution in [0.15, 0.2) is 36.7 Å². The molecule has 5 nitrogen and oxygen atoms in total. The Kier molecular flexibility index (Phi) is 4.10. The minimum Gasteiger partial charge on any atom is -0.319 e. The summed E-state index contributed by atoms with van der Waals surface area (Å²) < 4.78 is 1.68. The highest BCUT2D eigenvalue weighted by Crippen LogP contribution is 2.42. The van der Waals surface area contributed by atoms with Gasteiger partial charge in [-0.3, -0.25) is 9.48 Å². The lowest BCUT2D eigenvalue weighted by Gasteiger charge is -2.11. The largest absolute Gasteiger partial charge is 0.319 e. The first-order valence-corrected chi connectivity index (χ1v) is 8.85. The molecule has 5 heteroatoms. The summed E-state index contributed by atoms with van der Waals surface area (Å²) in [7, 11) is 1.83. The number of benzene rings is 1. The molecular weight excluding hydrogens is 300 g/mol. The topological polar surface area (TPSA) is 59.0 Å². The molecular formula is C19H24N4O. The zero-order valence-corrected chi connectivity index (χ0v) is 14.0. The maximum absolute atomic E-state index is 12.4. The van der Waals surface area contributed by atoms with Gasteiger partial charge in [0.1, 0.15) is 0 Å². The fourth-order valence-corrected chi connectivity index (χ4v) is 3.74. The molecule has 2 saturated carbocycles. The molecule has 0 bridgehead atoms. The van der Waals surface area contributed by atoms with Crippen molar-refractivity contribution in [2.75, 3.05) is 5.32 Å². The summed E-state index contributed by atoms with van der Waals surface area (Å²) in [5, 5.41) is 10.8. The molecule has 2 N–H and O–H groups in total. The van der Waals surface area contributed by atoms with E-state index >= 15 is 0 Å². The molecule has 2 fully saturated rings. The number of carbonyl (C=O) groups excluding carboxylic acids is 1. The standard InChI is InChI=1S/C19H24N4O/c1-23-12-16(11-20-23)22-19(24)14-6-4-5-13(9-14)17-10-18(17)21-15-7-2-3-8-15/h4-6,9,11-12,15,17-18,21H,2-3,7-8,10H2,1H3,(H,22,24)/t17-,18+/m0/s1. The summed E-state index contributed by atoms with van der Waals surface area (Å²) in [5.41, 5.74) is 2.70. The van der Waals surface area contributed by atoms with Gasteiger partial charge in [0.15, 0.2) is 0 Å². The lowest BCUT2D eigenvalue weighted by atomic mass is 10.1. The van der Waals surface area contributed by atoms with Gasteiger partial charge >= 0.3 is 0 Å². The first kappa shape index (κ1) is 15.4. The number of anilines is 1. The Hall–Kier alpha value is -2.14. The second-order valence-electron chi connectivity index (χ2n) is 7.08. The van der Waals surface area contributed by atoms with Crippen LogP contribution in [-0.4, -0.2) is 27.8 Å². The van der Waals surface area contributed by atoms with E-state index in [0.717, 1.165) is 5.69 Å². The molecule has 0 aliphatic heterocycles. The van der Waals surface area contributed by atoms with Crippen molar-refractivity contribution >= 4 is 11.6 Å². The minimum atomic E-state index is -0.0780. The fraction of sp³-hybridized carbons (Fsp3) is 0.474. The van der Waals surface area contributed by atoms with Crippen molar-refractivity contribution in [2.45, 2.75) is 50.1 Å². The van der Waals surface area contributed by atoms with E-state index in [2.05, 4.69) is 21.8 Å². The molecule has 24 heavy (non-hydrogen) atoms. The van der Waals surface area contributed by atoms with Crippen molar-refractivity contribution in [2.24, 2.45) is 7.05 Å². The Balaban J connectivity index is 1.39. The molecule has 2 aliphatic rings. The van der Waals surface area contributed by atoms with Gasteiger partial charge in [0, 0.05) is 36.8 Å². The van der Waals surface area contributed by atoms with Crippen LogP contribution >= 0.6 is 0 Å². The lowest BCUT2D eigenvalue weighted by molar-refractivity contribution is 0.102. The van der Waals surface area contributed by atoms with Gasteiger partial charge in [-0.1, -0.05) is 25.0 Å². The van der Waals surface area contributed by atoms with E-state index in [1.165, 1.54) is 37.7 Å². The van der Waals surface area contributed by atoms with Crippen LogP contribution in [-0.2, 0) is 7.05 Å². The number of carbonyl (C=O) groups is 1. The number of amides is 1. The molecule has 2 aliphatic carbocycles.